The van der Waals surface area contributed by atoms with E-state index in [1.807, 2.05) is 19.9 Å². The van der Waals surface area contributed by atoms with Gasteiger partial charge in [-0.25, -0.2) is 26.9 Å². The molecule has 0 aliphatic heterocycles. The van der Waals surface area contributed by atoms with Crippen molar-refractivity contribution in [3.05, 3.63) is 83.4 Å². The minimum Gasteiger partial charge on any atom is -0.439 e. The van der Waals surface area contributed by atoms with Crippen molar-refractivity contribution in [1.82, 2.24) is 19.7 Å². The maximum atomic E-state index is 13.9. The van der Waals surface area contributed by atoms with Crippen LogP contribution in [0, 0.1) is 32.4 Å². The predicted molar refractivity (Wildman–Crippen MR) is 117 cm³/mol. The highest BCUT2D eigenvalue weighted by molar-refractivity contribution is 7.92. The van der Waals surface area contributed by atoms with Gasteiger partial charge in [-0.3, -0.25) is 4.72 Å². The molecule has 4 rings (SSSR count). The monoisotopic (exact) mass is 471 g/mol. The molecule has 0 radical (unpaired) electrons. The molecule has 11 heteroatoms. The summed E-state index contributed by atoms with van der Waals surface area (Å²) in [6, 6.07) is 11.8. The van der Waals surface area contributed by atoms with E-state index < -0.39 is 26.6 Å². The number of ether oxygens (including phenoxy) is 1. The Bertz CT molecular complexity index is 1440. The molecule has 2 aromatic heterocycles. The number of sulfonamides is 1. The maximum Gasteiger partial charge on any atom is 0.264 e. The molecule has 0 aliphatic rings. The zero-order valence-electron chi connectivity index (χ0n) is 17.9. The highest BCUT2D eigenvalue weighted by atomic mass is 32.2. The molecule has 2 heterocycles. The molecule has 0 saturated heterocycles. The minimum atomic E-state index is -4.24. The molecule has 0 aliphatic carbocycles. The Hall–Kier alpha value is -3.86. The second-order valence-electron chi connectivity index (χ2n) is 7.26. The first-order valence-corrected chi connectivity index (χ1v) is 11.2. The number of halogens is 2. The first kappa shape index (κ1) is 22.3. The van der Waals surface area contributed by atoms with Crippen LogP contribution in [0.5, 0.6) is 11.6 Å². The molecule has 4 aromatic rings. The fourth-order valence-corrected chi connectivity index (χ4v) is 4.28. The first-order valence-electron chi connectivity index (χ1n) is 9.76. The van der Waals surface area contributed by atoms with Crippen LogP contribution in [0.2, 0.25) is 0 Å². The molecule has 0 spiro atoms. The molecule has 170 valence electrons. The van der Waals surface area contributed by atoms with Crippen LogP contribution >= 0.6 is 0 Å². The summed E-state index contributed by atoms with van der Waals surface area (Å²) < 4.78 is 61.5. The normalized spacial score (nSPS) is 11.4. The third kappa shape index (κ3) is 4.98. The highest BCUT2D eigenvalue weighted by Gasteiger charge is 2.20. The SMILES string of the molecule is Cc1cc(C)n(-c2cc(Oc3ccc(NS(=O)(=O)c4ccc(F)cc4F)cc3)nc(C)n2)n1. The molecule has 2 aromatic carbocycles. The number of rotatable bonds is 6. The average Bonchev–Trinajstić information content (AvgIpc) is 3.06. The van der Waals surface area contributed by atoms with Crippen molar-refractivity contribution in [2.24, 2.45) is 0 Å². The highest BCUT2D eigenvalue weighted by Crippen LogP contribution is 2.25. The van der Waals surface area contributed by atoms with Gasteiger partial charge in [0.2, 0.25) is 5.88 Å². The summed E-state index contributed by atoms with van der Waals surface area (Å²) in [4.78, 5) is 8.01. The maximum absolute atomic E-state index is 13.9. The van der Waals surface area contributed by atoms with Gasteiger partial charge in [0.1, 0.15) is 28.1 Å². The van der Waals surface area contributed by atoms with Gasteiger partial charge in [-0.05, 0) is 63.2 Å². The van der Waals surface area contributed by atoms with Crippen molar-refractivity contribution in [3.8, 4) is 17.4 Å². The van der Waals surface area contributed by atoms with Gasteiger partial charge in [0.05, 0.1) is 5.69 Å². The van der Waals surface area contributed by atoms with Gasteiger partial charge >= 0.3 is 0 Å². The molecule has 0 unspecified atom stereocenters. The van der Waals surface area contributed by atoms with Crippen LogP contribution < -0.4 is 9.46 Å². The summed E-state index contributed by atoms with van der Waals surface area (Å²) in [7, 11) is -4.24. The number of aromatic nitrogens is 4. The predicted octanol–water partition coefficient (Wildman–Crippen LogP) is 4.46. The summed E-state index contributed by atoms with van der Waals surface area (Å²) in [6.45, 7) is 5.53. The van der Waals surface area contributed by atoms with E-state index in [0.717, 1.165) is 23.5 Å². The molecular weight excluding hydrogens is 452 g/mol. The molecule has 33 heavy (non-hydrogen) atoms. The smallest absolute Gasteiger partial charge is 0.264 e. The van der Waals surface area contributed by atoms with Crippen LogP contribution in [0.15, 0.2) is 59.5 Å². The van der Waals surface area contributed by atoms with Gasteiger partial charge in [-0.15, -0.1) is 0 Å². The van der Waals surface area contributed by atoms with Crippen molar-refractivity contribution in [2.75, 3.05) is 4.72 Å². The van der Waals surface area contributed by atoms with Crippen LogP contribution in [-0.2, 0) is 10.0 Å². The van der Waals surface area contributed by atoms with Crippen molar-refractivity contribution in [1.29, 1.82) is 0 Å². The van der Waals surface area contributed by atoms with Crippen LogP contribution in [0.1, 0.15) is 17.2 Å². The van der Waals surface area contributed by atoms with Crippen LogP contribution in [-0.4, -0.2) is 28.2 Å². The Morgan fingerprint density at radius 3 is 2.30 bits per heavy atom. The Labute approximate surface area is 188 Å². The van der Waals surface area contributed by atoms with Crippen molar-refractivity contribution >= 4 is 15.7 Å². The molecule has 0 atom stereocenters. The van der Waals surface area contributed by atoms with Crippen molar-refractivity contribution < 1.29 is 21.9 Å². The third-order valence-corrected chi connectivity index (χ3v) is 5.95. The molecule has 0 saturated carbocycles. The number of benzene rings is 2. The van der Waals surface area contributed by atoms with Gasteiger partial charge in [0, 0.05) is 23.5 Å². The molecular formula is C22H19F2N5O3S. The molecule has 1 N–H and O–H groups in total. The summed E-state index contributed by atoms with van der Waals surface area (Å²) in [6.07, 6.45) is 0. The van der Waals surface area contributed by atoms with Crippen LogP contribution in [0.3, 0.4) is 0 Å². The molecule has 0 bridgehead atoms. The molecule has 8 nitrogen and oxygen atoms in total. The average molecular weight is 471 g/mol. The number of nitrogens with zero attached hydrogens (tertiary/aromatic N) is 4. The lowest BCUT2D eigenvalue weighted by Gasteiger charge is -2.11. The van der Waals surface area contributed by atoms with Crippen LogP contribution in [0.25, 0.3) is 5.82 Å². The van der Waals surface area contributed by atoms with Gasteiger partial charge in [0.15, 0.2) is 5.82 Å². The zero-order chi connectivity index (χ0) is 23.8. The Morgan fingerprint density at radius 2 is 1.67 bits per heavy atom. The summed E-state index contributed by atoms with van der Waals surface area (Å²) in [5, 5.41) is 4.41. The lowest BCUT2D eigenvalue weighted by Crippen LogP contribution is -2.14. The Balaban J connectivity index is 1.53. The van der Waals surface area contributed by atoms with E-state index in [1.54, 1.807) is 17.7 Å². The Kier molecular flexibility index (Phi) is 5.81. The van der Waals surface area contributed by atoms with Gasteiger partial charge in [-0.1, -0.05) is 0 Å². The minimum absolute atomic E-state index is 0.174. The van der Waals surface area contributed by atoms with E-state index in [9.17, 15) is 17.2 Å². The van der Waals surface area contributed by atoms with Gasteiger partial charge < -0.3 is 4.74 Å². The van der Waals surface area contributed by atoms with Gasteiger partial charge in [-0.2, -0.15) is 10.1 Å². The summed E-state index contributed by atoms with van der Waals surface area (Å²) >= 11 is 0. The van der Waals surface area contributed by atoms with E-state index in [4.69, 9.17) is 4.74 Å². The fraction of sp³-hybridized carbons (Fsp3) is 0.136. The fourth-order valence-electron chi connectivity index (χ4n) is 3.16. The first-order chi connectivity index (χ1) is 15.6. The molecule has 0 amide bonds. The number of hydrogen-bond acceptors (Lipinski definition) is 6. The zero-order valence-corrected chi connectivity index (χ0v) is 18.7. The standard InChI is InChI=1S/C22H19F2N5O3S/c1-13-10-14(2)29(27-13)21-12-22(26-15(3)25-21)32-18-7-5-17(6-8-18)28-33(30,31)20-9-4-16(23)11-19(20)24/h4-12,28H,1-3H3. The quantitative estimate of drug-likeness (QED) is 0.446. The summed E-state index contributed by atoms with van der Waals surface area (Å²) in [5.74, 6) is -0.335. The number of hydrogen-bond donors (Lipinski definition) is 1. The van der Waals surface area contributed by atoms with Gasteiger partial charge in [0.25, 0.3) is 10.0 Å². The topological polar surface area (TPSA) is 99.0 Å². The second kappa shape index (κ2) is 8.58. The lowest BCUT2D eigenvalue weighted by molar-refractivity contribution is 0.459. The third-order valence-electron chi connectivity index (χ3n) is 4.54. The number of anilines is 1. The largest absolute Gasteiger partial charge is 0.439 e. The van der Waals surface area contributed by atoms with E-state index in [-0.39, 0.29) is 11.6 Å². The number of aryl methyl sites for hydroxylation is 3. The lowest BCUT2D eigenvalue weighted by atomic mass is 10.3. The second-order valence-corrected chi connectivity index (χ2v) is 8.91. The summed E-state index contributed by atoms with van der Waals surface area (Å²) in [5.41, 5.74) is 1.93. The van der Waals surface area contributed by atoms with E-state index >= 15 is 0 Å². The molecule has 0 fully saturated rings. The van der Waals surface area contributed by atoms with Crippen molar-refractivity contribution in [2.45, 2.75) is 25.7 Å². The van der Waals surface area contributed by atoms with Crippen molar-refractivity contribution in [3.63, 3.8) is 0 Å². The van der Waals surface area contributed by atoms with E-state index in [0.29, 0.717) is 23.5 Å². The van der Waals surface area contributed by atoms with E-state index in [1.165, 1.54) is 24.3 Å². The Morgan fingerprint density at radius 1 is 0.939 bits per heavy atom. The number of nitrogens with one attached hydrogen (secondary N) is 1. The van der Waals surface area contributed by atoms with E-state index in [2.05, 4.69) is 19.8 Å². The van der Waals surface area contributed by atoms with Crippen LogP contribution in [0.4, 0.5) is 14.5 Å².